The van der Waals surface area contributed by atoms with Crippen LogP contribution in [0.5, 0.6) is 0 Å². The van der Waals surface area contributed by atoms with Crippen molar-refractivity contribution in [2.45, 2.75) is 25.5 Å². The van der Waals surface area contributed by atoms with Gasteiger partial charge in [0.25, 0.3) is 0 Å². The van der Waals surface area contributed by atoms with Gasteiger partial charge in [-0.3, -0.25) is 0 Å². The van der Waals surface area contributed by atoms with E-state index in [-0.39, 0.29) is 12.4 Å². The molecule has 0 spiro atoms. The van der Waals surface area contributed by atoms with Gasteiger partial charge in [0, 0.05) is 0 Å². The van der Waals surface area contributed by atoms with Crippen molar-refractivity contribution in [1.82, 2.24) is 0 Å². The highest BCUT2D eigenvalue weighted by Crippen LogP contribution is 2.12. The second-order valence-corrected chi connectivity index (χ2v) is 5.79. The molecule has 0 bridgehead atoms. The summed E-state index contributed by atoms with van der Waals surface area (Å²) in [5.41, 5.74) is 0. The molecule has 0 atom stereocenters. The fourth-order valence-corrected chi connectivity index (χ4v) is 0. The zero-order valence-corrected chi connectivity index (χ0v) is 7.86. The van der Waals surface area contributed by atoms with Crippen LogP contribution in [0.4, 0.5) is 0 Å². The van der Waals surface area contributed by atoms with Crippen molar-refractivity contribution in [3.05, 3.63) is 0 Å². The van der Waals surface area contributed by atoms with Crippen molar-refractivity contribution in [3.63, 3.8) is 0 Å². The third kappa shape index (κ3) is 4.79. The minimum atomic E-state index is 0. The van der Waals surface area contributed by atoms with Crippen LogP contribution in [-0.4, -0.2) is 17.3 Å². The van der Waals surface area contributed by atoms with Crippen LogP contribution in [0.25, 0.3) is 0 Å². The first-order chi connectivity index (χ1) is 2.94. The normalized spacial score (nSPS) is 11.2. The van der Waals surface area contributed by atoms with Crippen molar-refractivity contribution < 1.29 is 12.4 Å². The van der Waals surface area contributed by atoms with Crippen LogP contribution in [0.3, 0.4) is 0 Å². The molecule has 8 heavy (non-hydrogen) atoms. The zero-order chi connectivity index (χ0) is 6.08. The Kier molecular flexibility index (Phi) is 5.18. The van der Waals surface area contributed by atoms with E-state index >= 15 is 0 Å². The Morgan fingerprint density at radius 3 is 1.12 bits per heavy atom. The molecule has 0 aliphatic carbocycles. The van der Waals surface area contributed by atoms with Gasteiger partial charge in [-0.05, 0) is 31.7 Å². The van der Waals surface area contributed by atoms with Crippen molar-refractivity contribution in [2.75, 3.05) is 12.5 Å². The van der Waals surface area contributed by atoms with Gasteiger partial charge in [0.05, 0.1) is 12.5 Å². The number of hydrogen-bond donors (Lipinski definition) is 0. The summed E-state index contributed by atoms with van der Waals surface area (Å²) in [6, 6.07) is 0. The molecule has 2 heteroatoms. The molecule has 0 aromatic heterocycles. The van der Waals surface area contributed by atoms with E-state index in [2.05, 4.69) is 33.3 Å². The van der Waals surface area contributed by atoms with E-state index < -0.39 is 0 Å². The van der Waals surface area contributed by atoms with Gasteiger partial charge in [-0.15, -0.1) is 0 Å². The molecule has 0 fully saturated rings. The molecule has 52 valence electrons. The average molecular weight is 155 g/mol. The highest BCUT2D eigenvalue weighted by molar-refractivity contribution is 7.96. The monoisotopic (exact) mass is 154 g/mol. The maximum absolute atomic E-state index is 2.28. The van der Waals surface area contributed by atoms with Gasteiger partial charge in [-0.2, -0.15) is 0 Å². The molecular weight excluding hydrogens is 140 g/mol. The Morgan fingerprint density at radius 1 is 1.00 bits per heavy atom. The summed E-state index contributed by atoms with van der Waals surface area (Å²) in [7, 11) is 0.567. The summed E-state index contributed by atoms with van der Waals surface area (Å²) in [6.07, 6.45) is 4.56. The van der Waals surface area contributed by atoms with Crippen molar-refractivity contribution in [2.24, 2.45) is 0 Å². The first-order valence-corrected chi connectivity index (χ1v) is 4.56. The Bertz CT molecular complexity index is 54.0. The molecule has 0 unspecified atom stereocenters. The largest absolute Gasteiger partial charge is 1.00 e. The van der Waals surface area contributed by atoms with Gasteiger partial charge in [0.2, 0.25) is 0 Å². The Balaban J connectivity index is 0. The summed E-state index contributed by atoms with van der Waals surface area (Å²) in [5, 5.41) is 0. The van der Waals surface area contributed by atoms with Gasteiger partial charge in [-0.25, -0.2) is 0 Å². The average Bonchev–Trinajstić information content (AvgIpc) is 1.31. The SMILES string of the molecule is C[S+](C)C(C)(C)C.[Cl-]. The minimum absolute atomic E-state index is 0. The summed E-state index contributed by atoms with van der Waals surface area (Å²) in [5.74, 6) is 0. The number of rotatable bonds is 0. The summed E-state index contributed by atoms with van der Waals surface area (Å²) in [4.78, 5) is 0. The third-order valence-electron chi connectivity index (χ3n) is 1.22. The topological polar surface area (TPSA) is 0 Å². The van der Waals surface area contributed by atoms with Crippen LogP contribution in [0.1, 0.15) is 20.8 Å². The lowest BCUT2D eigenvalue weighted by molar-refractivity contribution is -0.00000197. The standard InChI is InChI=1S/C6H15S.ClH/c1-6(2,3)7(4)5;/h1-5H3;1H/q+1;/p-1. The second-order valence-electron chi connectivity index (χ2n) is 2.93. The van der Waals surface area contributed by atoms with Gasteiger partial charge >= 0.3 is 0 Å². The van der Waals surface area contributed by atoms with E-state index in [9.17, 15) is 0 Å². The molecule has 0 aliphatic heterocycles. The highest BCUT2D eigenvalue weighted by atomic mass is 35.5. The van der Waals surface area contributed by atoms with Crippen LogP contribution in [0, 0.1) is 0 Å². The van der Waals surface area contributed by atoms with Crippen molar-refractivity contribution >= 4 is 10.9 Å². The molecule has 0 nitrogen and oxygen atoms in total. The highest BCUT2D eigenvalue weighted by Gasteiger charge is 2.23. The predicted molar refractivity (Wildman–Crippen MR) is 39.0 cm³/mol. The van der Waals surface area contributed by atoms with E-state index in [1.807, 2.05) is 0 Å². The van der Waals surface area contributed by atoms with Crippen LogP contribution >= 0.6 is 0 Å². The fraction of sp³-hybridized carbons (Fsp3) is 1.00. The minimum Gasteiger partial charge on any atom is -1.00 e. The lowest BCUT2D eigenvalue weighted by Gasteiger charge is -2.12. The first-order valence-electron chi connectivity index (χ1n) is 2.52. The molecule has 0 rings (SSSR count). The van der Waals surface area contributed by atoms with Crippen LogP contribution in [0.2, 0.25) is 0 Å². The Labute approximate surface area is 61.8 Å². The van der Waals surface area contributed by atoms with Crippen LogP contribution in [-0.2, 0) is 10.9 Å². The number of halogens is 1. The zero-order valence-electron chi connectivity index (χ0n) is 6.29. The maximum Gasteiger partial charge on any atom is 0.119 e. The van der Waals surface area contributed by atoms with Gasteiger partial charge in [-0.1, -0.05) is 0 Å². The smallest absolute Gasteiger partial charge is 0.119 e. The van der Waals surface area contributed by atoms with Gasteiger partial charge in [0.1, 0.15) is 4.75 Å². The van der Waals surface area contributed by atoms with Crippen LogP contribution in [0.15, 0.2) is 0 Å². The molecule has 0 N–H and O–H groups in total. The summed E-state index contributed by atoms with van der Waals surface area (Å²) >= 11 is 0. The van der Waals surface area contributed by atoms with Gasteiger partial charge < -0.3 is 12.4 Å². The predicted octanol–water partition coefficient (Wildman–Crippen LogP) is -1.33. The molecule has 0 aromatic rings. The number of hydrogen-bond acceptors (Lipinski definition) is 0. The van der Waals surface area contributed by atoms with Crippen molar-refractivity contribution in [1.29, 1.82) is 0 Å². The van der Waals surface area contributed by atoms with E-state index in [4.69, 9.17) is 0 Å². The quantitative estimate of drug-likeness (QED) is 0.380. The second kappa shape index (κ2) is 3.62. The molecule has 0 radical (unpaired) electrons. The van der Waals surface area contributed by atoms with Gasteiger partial charge in [0.15, 0.2) is 0 Å². The Morgan fingerprint density at radius 2 is 1.12 bits per heavy atom. The molecule has 0 heterocycles. The molecule has 0 aliphatic rings. The molecule has 0 aromatic carbocycles. The maximum atomic E-state index is 2.28. The van der Waals surface area contributed by atoms with E-state index in [0.29, 0.717) is 15.6 Å². The van der Waals surface area contributed by atoms with E-state index in [1.54, 1.807) is 0 Å². The summed E-state index contributed by atoms with van der Waals surface area (Å²) in [6.45, 7) is 6.82. The molecule has 0 saturated carbocycles. The lowest BCUT2D eigenvalue weighted by Crippen LogP contribution is -3.00. The molecule has 0 amide bonds. The lowest BCUT2D eigenvalue weighted by atomic mass is 10.3. The Hall–Kier alpha value is 0.640. The van der Waals surface area contributed by atoms with E-state index in [0.717, 1.165) is 0 Å². The first kappa shape index (κ1) is 11.4. The molecule has 0 saturated heterocycles. The summed E-state index contributed by atoms with van der Waals surface area (Å²) < 4.78 is 0.528. The molecular formula is C6H15ClS. The van der Waals surface area contributed by atoms with Crippen LogP contribution < -0.4 is 12.4 Å². The van der Waals surface area contributed by atoms with E-state index in [1.165, 1.54) is 0 Å². The van der Waals surface area contributed by atoms with Crippen molar-refractivity contribution in [3.8, 4) is 0 Å². The fourth-order valence-electron chi connectivity index (χ4n) is 0. The third-order valence-corrected chi connectivity index (χ3v) is 3.67.